The monoisotopic (exact) mass is 234 g/mol. The molecule has 0 saturated carbocycles. The second kappa shape index (κ2) is 3.97. The smallest absolute Gasteiger partial charge is 0.345 e. The van der Waals surface area contributed by atoms with E-state index < -0.39 is 10.9 Å². The SMILES string of the molecule is CC(C)N=C1OC(=O)c2cccc([N+](=O)[O-])c21. The number of nitro benzene ring substituents is 1. The van der Waals surface area contributed by atoms with Crippen LogP contribution in [-0.2, 0) is 4.74 Å². The number of fused-ring (bicyclic) bond motifs is 1. The van der Waals surface area contributed by atoms with Crippen LogP contribution in [0.1, 0.15) is 29.8 Å². The molecular formula is C11H10N2O4. The molecule has 0 spiro atoms. The molecule has 1 aliphatic rings. The average Bonchev–Trinajstić information content (AvgIpc) is 2.55. The van der Waals surface area contributed by atoms with Crippen LogP contribution in [0.4, 0.5) is 5.69 Å². The third kappa shape index (κ3) is 1.89. The first-order valence-electron chi connectivity index (χ1n) is 5.08. The molecule has 88 valence electrons. The van der Waals surface area contributed by atoms with Gasteiger partial charge in [0.25, 0.3) is 5.69 Å². The van der Waals surface area contributed by atoms with E-state index in [9.17, 15) is 14.9 Å². The maximum absolute atomic E-state index is 11.5. The van der Waals surface area contributed by atoms with Gasteiger partial charge in [0.2, 0.25) is 5.90 Å². The van der Waals surface area contributed by atoms with Crippen LogP contribution in [0.25, 0.3) is 0 Å². The second-order valence-corrected chi connectivity index (χ2v) is 3.87. The molecule has 6 nitrogen and oxygen atoms in total. The van der Waals surface area contributed by atoms with E-state index in [1.165, 1.54) is 18.2 Å². The molecule has 17 heavy (non-hydrogen) atoms. The molecule has 0 fully saturated rings. The van der Waals surface area contributed by atoms with Crippen molar-refractivity contribution in [2.75, 3.05) is 0 Å². The molecule has 0 aromatic heterocycles. The van der Waals surface area contributed by atoms with E-state index in [1.807, 2.05) is 0 Å². The molecule has 1 aromatic rings. The molecule has 0 amide bonds. The number of aliphatic imine (C=N–C) groups is 1. The summed E-state index contributed by atoms with van der Waals surface area (Å²) in [5.41, 5.74) is 0.211. The van der Waals surface area contributed by atoms with Crippen molar-refractivity contribution in [3.8, 4) is 0 Å². The van der Waals surface area contributed by atoms with Gasteiger partial charge in [-0.2, -0.15) is 0 Å². The lowest BCUT2D eigenvalue weighted by Gasteiger charge is -2.01. The Morgan fingerprint density at radius 3 is 2.71 bits per heavy atom. The highest BCUT2D eigenvalue weighted by molar-refractivity contribution is 6.18. The van der Waals surface area contributed by atoms with Crippen molar-refractivity contribution >= 4 is 17.6 Å². The fourth-order valence-corrected chi connectivity index (χ4v) is 1.61. The fraction of sp³-hybridized carbons (Fsp3) is 0.273. The minimum absolute atomic E-state index is 0.0345. The van der Waals surface area contributed by atoms with E-state index in [-0.39, 0.29) is 28.8 Å². The van der Waals surface area contributed by atoms with Crippen LogP contribution in [0.2, 0.25) is 0 Å². The van der Waals surface area contributed by atoms with E-state index in [4.69, 9.17) is 4.74 Å². The summed E-state index contributed by atoms with van der Waals surface area (Å²) < 4.78 is 4.94. The van der Waals surface area contributed by atoms with Gasteiger partial charge in [0.05, 0.1) is 10.5 Å². The van der Waals surface area contributed by atoms with Crippen molar-refractivity contribution in [1.29, 1.82) is 0 Å². The predicted molar refractivity (Wildman–Crippen MR) is 60.2 cm³/mol. The number of rotatable bonds is 2. The zero-order valence-corrected chi connectivity index (χ0v) is 9.34. The Bertz CT molecular complexity index is 534. The molecule has 1 aromatic carbocycles. The van der Waals surface area contributed by atoms with Gasteiger partial charge in [-0.25, -0.2) is 9.79 Å². The number of hydrogen-bond acceptors (Lipinski definition) is 5. The third-order valence-electron chi connectivity index (χ3n) is 2.24. The zero-order chi connectivity index (χ0) is 12.6. The Morgan fingerprint density at radius 1 is 1.41 bits per heavy atom. The quantitative estimate of drug-likeness (QED) is 0.444. The van der Waals surface area contributed by atoms with E-state index in [2.05, 4.69) is 4.99 Å². The maximum atomic E-state index is 11.5. The second-order valence-electron chi connectivity index (χ2n) is 3.87. The number of nitro groups is 1. The number of benzene rings is 1. The van der Waals surface area contributed by atoms with Crippen molar-refractivity contribution < 1.29 is 14.5 Å². The topological polar surface area (TPSA) is 81.8 Å². The summed E-state index contributed by atoms with van der Waals surface area (Å²) in [5.74, 6) is -0.560. The normalized spacial score (nSPS) is 16.2. The summed E-state index contributed by atoms with van der Waals surface area (Å²) >= 11 is 0. The molecule has 0 atom stereocenters. The van der Waals surface area contributed by atoms with E-state index in [0.29, 0.717) is 0 Å². The summed E-state index contributed by atoms with van der Waals surface area (Å²) in [7, 11) is 0. The van der Waals surface area contributed by atoms with Crippen molar-refractivity contribution in [2.45, 2.75) is 19.9 Å². The Morgan fingerprint density at radius 2 is 2.12 bits per heavy atom. The molecule has 0 radical (unpaired) electrons. The fourth-order valence-electron chi connectivity index (χ4n) is 1.61. The molecule has 0 aliphatic carbocycles. The van der Waals surface area contributed by atoms with Crippen molar-refractivity contribution in [3.05, 3.63) is 39.4 Å². The minimum atomic E-state index is -0.594. The molecule has 0 bridgehead atoms. The van der Waals surface area contributed by atoms with Crippen molar-refractivity contribution in [2.24, 2.45) is 4.99 Å². The number of carbonyl (C=O) groups excluding carboxylic acids is 1. The van der Waals surface area contributed by atoms with Crippen molar-refractivity contribution in [3.63, 3.8) is 0 Å². The zero-order valence-electron chi connectivity index (χ0n) is 9.34. The van der Waals surface area contributed by atoms with Gasteiger partial charge in [-0.3, -0.25) is 10.1 Å². The lowest BCUT2D eigenvalue weighted by atomic mass is 10.1. The van der Waals surface area contributed by atoms with Gasteiger partial charge in [-0.15, -0.1) is 0 Å². The molecule has 6 heteroatoms. The molecule has 1 heterocycles. The van der Waals surface area contributed by atoms with Gasteiger partial charge in [0.15, 0.2) is 0 Å². The number of esters is 1. The molecule has 0 saturated heterocycles. The summed E-state index contributed by atoms with van der Waals surface area (Å²) in [6.45, 7) is 3.60. The van der Waals surface area contributed by atoms with E-state index in [0.717, 1.165) is 0 Å². The highest BCUT2D eigenvalue weighted by atomic mass is 16.6. The van der Waals surface area contributed by atoms with E-state index >= 15 is 0 Å². The number of ether oxygens (including phenoxy) is 1. The van der Waals surface area contributed by atoms with Gasteiger partial charge in [-0.1, -0.05) is 6.07 Å². The highest BCUT2D eigenvalue weighted by Gasteiger charge is 2.35. The first-order valence-corrected chi connectivity index (χ1v) is 5.08. The average molecular weight is 234 g/mol. The molecule has 2 rings (SSSR count). The number of nitrogens with zero attached hydrogens (tertiary/aromatic N) is 2. The number of cyclic esters (lactones) is 1. The standard InChI is InChI=1S/C11H10N2O4/c1-6(2)12-10-9-7(11(14)17-10)4-3-5-8(9)13(15)16/h3-6H,1-2H3. The van der Waals surface area contributed by atoms with Gasteiger partial charge < -0.3 is 4.74 Å². The Kier molecular flexibility index (Phi) is 2.63. The van der Waals surface area contributed by atoms with Crippen LogP contribution >= 0.6 is 0 Å². The van der Waals surface area contributed by atoms with Crippen LogP contribution < -0.4 is 0 Å². The Labute approximate surface area is 97.1 Å². The van der Waals surface area contributed by atoms with Crippen molar-refractivity contribution in [1.82, 2.24) is 0 Å². The maximum Gasteiger partial charge on any atom is 0.345 e. The highest BCUT2D eigenvalue weighted by Crippen LogP contribution is 2.29. The molecular weight excluding hydrogens is 224 g/mol. The summed E-state index contributed by atoms with van der Waals surface area (Å²) in [6.07, 6.45) is 0. The Hall–Kier alpha value is -2.24. The predicted octanol–water partition coefficient (Wildman–Crippen LogP) is 1.92. The van der Waals surface area contributed by atoms with Crippen LogP contribution in [0.5, 0.6) is 0 Å². The lowest BCUT2D eigenvalue weighted by Crippen LogP contribution is -2.06. The lowest BCUT2D eigenvalue weighted by molar-refractivity contribution is -0.385. The molecule has 1 aliphatic heterocycles. The minimum Gasteiger partial charge on any atom is -0.403 e. The summed E-state index contributed by atoms with van der Waals surface area (Å²) in [6, 6.07) is 4.17. The first kappa shape index (κ1) is 11.3. The molecule has 0 N–H and O–H groups in total. The number of hydrogen-bond donors (Lipinski definition) is 0. The first-order chi connectivity index (χ1) is 8.00. The number of carbonyl (C=O) groups is 1. The largest absolute Gasteiger partial charge is 0.403 e. The third-order valence-corrected chi connectivity index (χ3v) is 2.24. The summed E-state index contributed by atoms with van der Waals surface area (Å²) in [4.78, 5) is 25.9. The van der Waals surface area contributed by atoms with Gasteiger partial charge in [0.1, 0.15) is 5.56 Å². The summed E-state index contributed by atoms with van der Waals surface area (Å²) in [5, 5.41) is 10.9. The molecule has 0 unspecified atom stereocenters. The Balaban J connectivity index is 2.66. The van der Waals surface area contributed by atoms with Crippen LogP contribution in [-0.4, -0.2) is 22.8 Å². The van der Waals surface area contributed by atoms with E-state index in [1.54, 1.807) is 13.8 Å². The van der Waals surface area contributed by atoms with Crippen LogP contribution in [0.3, 0.4) is 0 Å². The van der Waals surface area contributed by atoms with Crippen LogP contribution in [0.15, 0.2) is 23.2 Å². The van der Waals surface area contributed by atoms with Gasteiger partial charge in [0, 0.05) is 12.1 Å². The van der Waals surface area contributed by atoms with Crippen LogP contribution in [0, 0.1) is 10.1 Å². The van der Waals surface area contributed by atoms with Gasteiger partial charge >= 0.3 is 5.97 Å². The van der Waals surface area contributed by atoms with Gasteiger partial charge in [-0.05, 0) is 19.9 Å².